The lowest BCUT2D eigenvalue weighted by Gasteiger charge is -2.31. The van der Waals surface area contributed by atoms with Crippen molar-refractivity contribution in [2.24, 2.45) is 23.7 Å². The SMILES string of the molecule is C=CC(=O)CCC1CCC(CN2CCC(CC(C)CC)C2)CC1. The van der Waals surface area contributed by atoms with Gasteiger partial charge in [-0.1, -0.05) is 39.7 Å². The Labute approximate surface area is 143 Å². The minimum atomic E-state index is 0.219. The van der Waals surface area contributed by atoms with Crippen LogP contribution in [0.25, 0.3) is 0 Å². The number of likely N-dealkylation sites (tertiary alicyclic amines) is 1. The van der Waals surface area contributed by atoms with E-state index in [1.54, 1.807) is 0 Å². The Hall–Kier alpha value is -0.630. The molecule has 23 heavy (non-hydrogen) atoms. The van der Waals surface area contributed by atoms with Crippen LogP contribution in [0.15, 0.2) is 12.7 Å². The van der Waals surface area contributed by atoms with E-state index < -0.39 is 0 Å². The second-order valence-corrected chi connectivity index (χ2v) is 8.26. The highest BCUT2D eigenvalue weighted by molar-refractivity contribution is 5.88. The van der Waals surface area contributed by atoms with Crippen molar-refractivity contribution in [1.82, 2.24) is 4.90 Å². The molecule has 2 rings (SSSR count). The summed E-state index contributed by atoms with van der Waals surface area (Å²) in [6, 6.07) is 0. The molecule has 132 valence electrons. The summed E-state index contributed by atoms with van der Waals surface area (Å²) in [6.07, 6.45) is 12.9. The molecule has 2 unspecified atom stereocenters. The van der Waals surface area contributed by atoms with Gasteiger partial charge in [-0.3, -0.25) is 4.79 Å². The van der Waals surface area contributed by atoms with Crippen molar-refractivity contribution in [3.63, 3.8) is 0 Å². The summed E-state index contributed by atoms with van der Waals surface area (Å²) < 4.78 is 0. The molecule has 2 fully saturated rings. The van der Waals surface area contributed by atoms with E-state index in [2.05, 4.69) is 25.3 Å². The molecule has 0 aromatic heterocycles. The molecule has 1 saturated heterocycles. The van der Waals surface area contributed by atoms with E-state index in [0.717, 1.165) is 30.1 Å². The normalized spacial score (nSPS) is 30.3. The summed E-state index contributed by atoms with van der Waals surface area (Å²) in [5.41, 5.74) is 0. The maximum absolute atomic E-state index is 11.4. The highest BCUT2D eigenvalue weighted by Gasteiger charge is 2.28. The summed E-state index contributed by atoms with van der Waals surface area (Å²) >= 11 is 0. The van der Waals surface area contributed by atoms with Gasteiger partial charge in [0, 0.05) is 19.5 Å². The molecule has 2 heteroatoms. The van der Waals surface area contributed by atoms with Crippen molar-refractivity contribution >= 4 is 5.78 Å². The van der Waals surface area contributed by atoms with E-state index >= 15 is 0 Å². The molecular formula is C21H37NO. The molecule has 0 radical (unpaired) electrons. The first-order chi connectivity index (χ1) is 11.1. The maximum atomic E-state index is 11.4. The summed E-state index contributed by atoms with van der Waals surface area (Å²) in [4.78, 5) is 14.1. The Morgan fingerprint density at radius 3 is 2.52 bits per heavy atom. The Morgan fingerprint density at radius 1 is 1.17 bits per heavy atom. The zero-order valence-corrected chi connectivity index (χ0v) is 15.4. The Morgan fingerprint density at radius 2 is 1.87 bits per heavy atom. The van der Waals surface area contributed by atoms with Gasteiger partial charge in [-0.15, -0.1) is 0 Å². The van der Waals surface area contributed by atoms with Crippen molar-refractivity contribution in [2.45, 2.75) is 71.6 Å². The molecule has 2 atom stereocenters. The fourth-order valence-corrected chi connectivity index (χ4v) is 4.52. The predicted octanol–water partition coefficient (Wildman–Crippen LogP) is 5.09. The van der Waals surface area contributed by atoms with Gasteiger partial charge in [0.1, 0.15) is 0 Å². The fraction of sp³-hybridized carbons (Fsp3) is 0.857. The van der Waals surface area contributed by atoms with Crippen LogP contribution in [0.1, 0.15) is 71.6 Å². The number of carbonyl (C=O) groups excluding carboxylic acids is 1. The third-order valence-corrected chi connectivity index (χ3v) is 6.31. The van der Waals surface area contributed by atoms with Gasteiger partial charge in [0.2, 0.25) is 0 Å². The van der Waals surface area contributed by atoms with E-state index in [9.17, 15) is 4.79 Å². The van der Waals surface area contributed by atoms with Gasteiger partial charge in [0.25, 0.3) is 0 Å². The lowest BCUT2D eigenvalue weighted by molar-refractivity contribution is -0.114. The van der Waals surface area contributed by atoms with Crippen molar-refractivity contribution in [2.75, 3.05) is 19.6 Å². The third-order valence-electron chi connectivity index (χ3n) is 6.31. The van der Waals surface area contributed by atoms with Crippen molar-refractivity contribution in [3.8, 4) is 0 Å². The van der Waals surface area contributed by atoms with Crippen LogP contribution >= 0.6 is 0 Å². The summed E-state index contributed by atoms with van der Waals surface area (Å²) in [6.45, 7) is 12.3. The zero-order chi connectivity index (χ0) is 16.7. The van der Waals surface area contributed by atoms with E-state index in [0.29, 0.717) is 6.42 Å². The summed E-state index contributed by atoms with van der Waals surface area (Å²) in [7, 11) is 0. The first-order valence-corrected chi connectivity index (χ1v) is 9.98. The zero-order valence-electron chi connectivity index (χ0n) is 15.4. The molecule has 0 spiro atoms. The molecule has 1 aliphatic carbocycles. The highest BCUT2D eigenvalue weighted by Crippen LogP contribution is 2.33. The molecule has 1 saturated carbocycles. The monoisotopic (exact) mass is 319 g/mol. The fourth-order valence-electron chi connectivity index (χ4n) is 4.52. The summed E-state index contributed by atoms with van der Waals surface area (Å²) in [5.74, 6) is 3.76. The summed E-state index contributed by atoms with van der Waals surface area (Å²) in [5, 5.41) is 0. The molecular weight excluding hydrogens is 282 g/mol. The van der Waals surface area contributed by atoms with Gasteiger partial charge in [-0.05, 0) is 68.4 Å². The standard InChI is InChI=1S/C21H37NO/c1-4-17(3)14-20-12-13-22(16-20)15-19-8-6-18(7-9-19)10-11-21(23)5-2/h5,17-20H,2,4,6-16H2,1,3H3. The number of allylic oxidation sites excluding steroid dienone is 1. The number of nitrogens with zero attached hydrogens (tertiary/aromatic N) is 1. The van der Waals surface area contributed by atoms with Crippen LogP contribution in [0.4, 0.5) is 0 Å². The number of rotatable bonds is 9. The smallest absolute Gasteiger partial charge is 0.155 e. The topological polar surface area (TPSA) is 20.3 Å². The van der Waals surface area contributed by atoms with Gasteiger partial charge >= 0.3 is 0 Å². The molecule has 0 bridgehead atoms. The Balaban J connectivity index is 1.61. The molecule has 0 N–H and O–H groups in total. The molecule has 2 nitrogen and oxygen atoms in total. The lowest BCUT2D eigenvalue weighted by Crippen LogP contribution is -2.30. The largest absolute Gasteiger partial charge is 0.303 e. The van der Waals surface area contributed by atoms with Crippen LogP contribution in [-0.4, -0.2) is 30.3 Å². The molecule has 1 heterocycles. The van der Waals surface area contributed by atoms with Gasteiger partial charge in [0.05, 0.1) is 0 Å². The van der Waals surface area contributed by atoms with Crippen LogP contribution in [-0.2, 0) is 4.79 Å². The maximum Gasteiger partial charge on any atom is 0.155 e. The Kier molecular flexibility index (Phi) is 7.82. The average molecular weight is 320 g/mol. The quantitative estimate of drug-likeness (QED) is 0.552. The first kappa shape index (κ1) is 18.7. The van der Waals surface area contributed by atoms with Crippen molar-refractivity contribution in [1.29, 1.82) is 0 Å². The van der Waals surface area contributed by atoms with Gasteiger partial charge in [-0.25, -0.2) is 0 Å². The first-order valence-electron chi connectivity index (χ1n) is 9.98. The van der Waals surface area contributed by atoms with Crippen LogP contribution in [0.5, 0.6) is 0 Å². The van der Waals surface area contributed by atoms with Crippen LogP contribution in [0, 0.1) is 23.7 Å². The Bertz CT molecular complexity index is 370. The van der Waals surface area contributed by atoms with E-state index in [-0.39, 0.29) is 5.78 Å². The number of hydrogen-bond donors (Lipinski definition) is 0. The van der Waals surface area contributed by atoms with E-state index in [4.69, 9.17) is 0 Å². The second kappa shape index (κ2) is 9.61. The van der Waals surface area contributed by atoms with Gasteiger partial charge in [-0.2, -0.15) is 0 Å². The van der Waals surface area contributed by atoms with E-state index in [1.807, 2.05) is 0 Å². The minimum absolute atomic E-state index is 0.219. The van der Waals surface area contributed by atoms with Gasteiger partial charge < -0.3 is 4.90 Å². The average Bonchev–Trinajstić information content (AvgIpc) is 3.00. The van der Waals surface area contributed by atoms with E-state index in [1.165, 1.54) is 70.7 Å². The highest BCUT2D eigenvalue weighted by atomic mass is 16.1. The van der Waals surface area contributed by atoms with Crippen LogP contribution in [0.3, 0.4) is 0 Å². The number of ketones is 1. The minimum Gasteiger partial charge on any atom is -0.303 e. The predicted molar refractivity (Wildman–Crippen MR) is 98.5 cm³/mol. The van der Waals surface area contributed by atoms with Gasteiger partial charge in [0.15, 0.2) is 5.78 Å². The lowest BCUT2D eigenvalue weighted by atomic mass is 9.79. The third kappa shape index (κ3) is 6.41. The van der Waals surface area contributed by atoms with Crippen LogP contribution < -0.4 is 0 Å². The number of carbonyl (C=O) groups is 1. The number of hydrogen-bond acceptors (Lipinski definition) is 2. The van der Waals surface area contributed by atoms with Crippen molar-refractivity contribution in [3.05, 3.63) is 12.7 Å². The second-order valence-electron chi connectivity index (χ2n) is 8.26. The molecule has 1 aliphatic heterocycles. The van der Waals surface area contributed by atoms with Crippen LogP contribution in [0.2, 0.25) is 0 Å². The molecule has 2 aliphatic rings. The molecule has 0 aromatic carbocycles. The molecule has 0 amide bonds. The van der Waals surface area contributed by atoms with Crippen molar-refractivity contribution < 1.29 is 4.79 Å². The molecule has 0 aromatic rings.